The monoisotopic (exact) mass is 345 g/mol. The predicted octanol–water partition coefficient (Wildman–Crippen LogP) is 5.29. The summed E-state index contributed by atoms with van der Waals surface area (Å²) in [6, 6.07) is 0.459. The highest BCUT2D eigenvalue weighted by Crippen LogP contribution is 2.20. The summed E-state index contributed by atoms with van der Waals surface area (Å²) in [6.07, 6.45) is 15.0. The van der Waals surface area contributed by atoms with E-state index < -0.39 is 0 Å². The third-order valence-corrected chi connectivity index (χ3v) is 5.12. The first-order valence-corrected chi connectivity index (χ1v) is 9.77. The van der Waals surface area contributed by atoms with Crippen LogP contribution in [0.5, 0.6) is 0 Å². The molecule has 1 unspecified atom stereocenters. The van der Waals surface area contributed by atoms with Gasteiger partial charge in [-0.2, -0.15) is 0 Å². The van der Waals surface area contributed by atoms with Gasteiger partial charge in [-0.25, -0.2) is 0 Å². The van der Waals surface area contributed by atoms with Gasteiger partial charge in [0, 0.05) is 24.3 Å². The van der Waals surface area contributed by atoms with Crippen LogP contribution in [0.1, 0.15) is 84.0 Å². The topological polar surface area (TPSA) is 20.3 Å². The fraction of sp³-hybridized carbons (Fsp3) is 0.941. The van der Waals surface area contributed by atoms with E-state index in [4.69, 9.17) is 0 Å². The average Bonchev–Trinajstić information content (AvgIpc) is 2.94. The van der Waals surface area contributed by atoms with Gasteiger partial charge in [0.25, 0.3) is 0 Å². The summed E-state index contributed by atoms with van der Waals surface area (Å²) in [5.41, 5.74) is 0. The minimum absolute atomic E-state index is 0.384. The molecule has 0 aromatic carbocycles. The van der Waals surface area contributed by atoms with Gasteiger partial charge in [-0.15, -0.1) is 0 Å². The third-order valence-electron chi connectivity index (χ3n) is 4.37. The highest BCUT2D eigenvalue weighted by Gasteiger charge is 2.26. The van der Waals surface area contributed by atoms with Crippen molar-refractivity contribution in [3.63, 3.8) is 0 Å². The zero-order valence-corrected chi connectivity index (χ0v) is 14.8. The van der Waals surface area contributed by atoms with E-state index in [0.29, 0.717) is 11.9 Å². The summed E-state index contributed by atoms with van der Waals surface area (Å²) in [5.74, 6) is 0.384. The molecule has 0 spiro atoms. The second-order valence-electron chi connectivity index (χ2n) is 6.12. The molecule has 1 aliphatic heterocycles. The van der Waals surface area contributed by atoms with Gasteiger partial charge in [0.15, 0.2) is 0 Å². The van der Waals surface area contributed by atoms with E-state index in [-0.39, 0.29) is 0 Å². The van der Waals surface area contributed by atoms with Gasteiger partial charge >= 0.3 is 0 Å². The lowest BCUT2D eigenvalue weighted by molar-refractivity contribution is -0.131. The summed E-state index contributed by atoms with van der Waals surface area (Å²) >= 11 is 3.52. The van der Waals surface area contributed by atoms with E-state index in [9.17, 15) is 4.79 Å². The molecule has 2 nitrogen and oxygen atoms in total. The molecular formula is C17H32BrNO. The molecule has 3 heteroatoms. The van der Waals surface area contributed by atoms with Crippen molar-refractivity contribution in [1.82, 2.24) is 4.90 Å². The molecular weight excluding hydrogens is 314 g/mol. The van der Waals surface area contributed by atoms with E-state index in [1.54, 1.807) is 0 Å². The zero-order chi connectivity index (χ0) is 14.6. The molecule has 1 saturated heterocycles. The lowest BCUT2D eigenvalue weighted by Crippen LogP contribution is -2.36. The Bertz CT molecular complexity index is 257. The van der Waals surface area contributed by atoms with Crippen molar-refractivity contribution in [3.05, 3.63) is 0 Å². The van der Waals surface area contributed by atoms with E-state index >= 15 is 0 Å². The maximum Gasteiger partial charge on any atom is 0.222 e. The molecule has 1 amide bonds. The number of unbranched alkanes of at least 4 members (excludes halogenated alkanes) is 8. The van der Waals surface area contributed by atoms with Crippen LogP contribution in [0.3, 0.4) is 0 Å². The first kappa shape index (κ1) is 18.0. The zero-order valence-electron chi connectivity index (χ0n) is 13.2. The third kappa shape index (κ3) is 7.10. The van der Waals surface area contributed by atoms with Crippen molar-refractivity contribution < 1.29 is 4.79 Å². The van der Waals surface area contributed by atoms with Crippen molar-refractivity contribution in [1.29, 1.82) is 0 Å². The number of carbonyl (C=O) groups excluding carboxylic acids is 1. The van der Waals surface area contributed by atoms with E-state index in [2.05, 4.69) is 27.8 Å². The Morgan fingerprint density at radius 3 is 2.25 bits per heavy atom. The van der Waals surface area contributed by atoms with Gasteiger partial charge in [0.2, 0.25) is 5.91 Å². The van der Waals surface area contributed by atoms with Crippen LogP contribution in [0.2, 0.25) is 0 Å². The fourth-order valence-corrected chi connectivity index (χ4v) is 3.73. The number of nitrogens with zero attached hydrogens (tertiary/aromatic N) is 1. The Morgan fingerprint density at radius 1 is 1.05 bits per heavy atom. The number of likely N-dealkylation sites (tertiary alicyclic amines) is 1. The van der Waals surface area contributed by atoms with Crippen LogP contribution in [-0.2, 0) is 4.79 Å². The van der Waals surface area contributed by atoms with Crippen LogP contribution in [0.4, 0.5) is 0 Å². The van der Waals surface area contributed by atoms with Crippen LogP contribution in [0.25, 0.3) is 0 Å². The van der Waals surface area contributed by atoms with Gasteiger partial charge < -0.3 is 4.90 Å². The fourth-order valence-electron chi connectivity index (χ4n) is 3.05. The minimum atomic E-state index is 0.384. The molecule has 1 aliphatic rings. The Hall–Kier alpha value is -0.0500. The predicted molar refractivity (Wildman–Crippen MR) is 90.4 cm³/mol. The number of amides is 1. The molecule has 1 fully saturated rings. The quantitative estimate of drug-likeness (QED) is 0.367. The summed E-state index contributed by atoms with van der Waals surface area (Å²) < 4.78 is 0. The average molecular weight is 346 g/mol. The highest BCUT2D eigenvalue weighted by molar-refractivity contribution is 9.09. The SMILES string of the molecule is CCCCCCCCCCCC(=O)N1CCCC1CBr. The van der Waals surface area contributed by atoms with Gasteiger partial charge in [0.05, 0.1) is 0 Å². The summed E-state index contributed by atoms with van der Waals surface area (Å²) in [6.45, 7) is 3.24. The van der Waals surface area contributed by atoms with Crippen molar-refractivity contribution >= 4 is 21.8 Å². The number of halogens is 1. The molecule has 0 aromatic rings. The number of hydrogen-bond acceptors (Lipinski definition) is 1. The molecule has 20 heavy (non-hydrogen) atoms. The minimum Gasteiger partial charge on any atom is -0.339 e. The van der Waals surface area contributed by atoms with Crippen molar-refractivity contribution in [2.24, 2.45) is 0 Å². The molecule has 0 aliphatic carbocycles. The lowest BCUT2D eigenvalue weighted by atomic mass is 10.1. The Morgan fingerprint density at radius 2 is 1.65 bits per heavy atom. The Balaban J connectivity index is 1.94. The van der Waals surface area contributed by atoms with Crippen molar-refractivity contribution in [2.75, 3.05) is 11.9 Å². The van der Waals surface area contributed by atoms with Crippen LogP contribution >= 0.6 is 15.9 Å². The molecule has 0 bridgehead atoms. The molecule has 1 atom stereocenters. The molecule has 0 radical (unpaired) electrons. The molecule has 0 saturated carbocycles. The standard InChI is InChI=1S/C17H32BrNO/c1-2-3-4-5-6-7-8-9-10-13-17(20)19-14-11-12-16(19)15-18/h16H,2-15H2,1H3. The van der Waals surface area contributed by atoms with Crippen LogP contribution in [0, 0.1) is 0 Å². The van der Waals surface area contributed by atoms with Crippen molar-refractivity contribution in [3.8, 4) is 0 Å². The number of rotatable bonds is 11. The van der Waals surface area contributed by atoms with Gasteiger partial charge in [-0.3, -0.25) is 4.79 Å². The molecule has 0 N–H and O–H groups in total. The molecule has 1 heterocycles. The smallest absolute Gasteiger partial charge is 0.222 e. The summed E-state index contributed by atoms with van der Waals surface area (Å²) in [4.78, 5) is 14.2. The maximum atomic E-state index is 12.1. The van der Waals surface area contributed by atoms with Gasteiger partial charge in [0.1, 0.15) is 0 Å². The maximum absolute atomic E-state index is 12.1. The summed E-state index contributed by atoms with van der Waals surface area (Å²) in [7, 11) is 0. The second-order valence-corrected chi connectivity index (χ2v) is 6.76. The van der Waals surface area contributed by atoms with Crippen LogP contribution in [-0.4, -0.2) is 28.7 Å². The molecule has 118 valence electrons. The normalized spacial score (nSPS) is 18.7. The van der Waals surface area contributed by atoms with Gasteiger partial charge in [-0.1, -0.05) is 74.2 Å². The second kappa shape index (κ2) is 11.6. The number of alkyl halides is 1. The first-order valence-electron chi connectivity index (χ1n) is 8.65. The largest absolute Gasteiger partial charge is 0.339 e. The van der Waals surface area contributed by atoms with Gasteiger partial charge in [-0.05, 0) is 19.3 Å². The Labute approximate surface area is 133 Å². The van der Waals surface area contributed by atoms with Crippen molar-refractivity contribution in [2.45, 2.75) is 90.0 Å². The first-order chi connectivity index (χ1) is 9.79. The highest BCUT2D eigenvalue weighted by atomic mass is 79.9. The van der Waals surface area contributed by atoms with E-state index in [0.717, 1.165) is 24.7 Å². The lowest BCUT2D eigenvalue weighted by Gasteiger charge is -2.23. The number of hydrogen-bond donors (Lipinski definition) is 0. The van der Waals surface area contributed by atoms with Crippen LogP contribution in [0.15, 0.2) is 0 Å². The Kier molecular flexibility index (Phi) is 10.4. The molecule has 0 aromatic heterocycles. The molecule has 1 rings (SSSR count). The summed E-state index contributed by atoms with van der Waals surface area (Å²) in [5, 5.41) is 0.941. The van der Waals surface area contributed by atoms with Crippen LogP contribution < -0.4 is 0 Å². The van der Waals surface area contributed by atoms with E-state index in [1.807, 2.05) is 0 Å². The number of carbonyl (C=O) groups is 1. The van der Waals surface area contributed by atoms with E-state index in [1.165, 1.54) is 64.2 Å².